The first-order valence-electron chi connectivity index (χ1n) is 25.1. The van der Waals surface area contributed by atoms with Gasteiger partial charge in [-0.15, -0.1) is 0 Å². The zero-order chi connectivity index (χ0) is 59.6. The maximum Gasteiger partial charge on any atom is 0.393 e. The van der Waals surface area contributed by atoms with Crippen molar-refractivity contribution in [2.24, 2.45) is 56.2 Å². The Morgan fingerprint density at radius 1 is 0.529 bits per heavy atom. The van der Waals surface area contributed by atoms with Crippen LogP contribution in [0.4, 0.5) is 13.2 Å². The highest BCUT2D eigenvalue weighted by atomic mass is 35.6. The quantitative estimate of drug-likeness (QED) is 0.218. The van der Waals surface area contributed by atoms with Gasteiger partial charge >= 0.3 is 6.18 Å². The molecule has 1 aliphatic rings. The number of ketones is 5. The van der Waals surface area contributed by atoms with E-state index in [9.17, 15) is 37.1 Å². The number of fused-ring (bicyclic) bond motifs is 1. The van der Waals surface area contributed by atoms with Crippen LogP contribution in [0.1, 0.15) is 269 Å². The lowest BCUT2D eigenvalue weighted by molar-refractivity contribution is -0.204. The van der Waals surface area contributed by atoms with Crippen LogP contribution in [0.5, 0.6) is 0 Å². The second-order valence-electron chi connectivity index (χ2n) is 25.8. The van der Waals surface area contributed by atoms with Crippen LogP contribution in [-0.4, -0.2) is 38.9 Å². The standard InChI is InChI=1S/C11H10O2.C7H14O.C6H12O.C5H9Cl3.C5H9F3.C5H10O.C5H12.3C4H10.C3H8/c1-11(2)9(12)7-5-3-4-6-8(7)10(11)13;1-5-6(8)7(2,3)4;1-5(7)6(2,3)4;2*1-4(2,3)5(6,7)8;1-4(2)5(3)6;1-5(2,3)4;3*1-4(2)3;1-3-2/h3-6H,1-2H3;5H2,1-4H3;1-4H3;2*1-3H3;4H,1-3H3;1-4H3;3*4H,1-3H3;3H2,1-2H3. The predicted molar refractivity (Wildman–Crippen MR) is 307 cm³/mol. The van der Waals surface area contributed by atoms with Crippen LogP contribution in [0.15, 0.2) is 24.3 Å². The van der Waals surface area contributed by atoms with Gasteiger partial charge in [-0.05, 0) is 50.9 Å². The van der Waals surface area contributed by atoms with Crippen LogP contribution in [0.2, 0.25) is 0 Å². The molecular formula is C59H114Cl3F3O5. The molecule has 0 aliphatic heterocycles. The first-order chi connectivity index (χ1) is 30.2. The van der Waals surface area contributed by atoms with Gasteiger partial charge in [0.15, 0.2) is 15.4 Å². The molecule has 0 N–H and O–H groups in total. The number of carbonyl (C=O) groups is 5. The number of Topliss-reactive ketones (excluding diaryl/α,β-unsaturated/α-hetero) is 5. The third kappa shape index (κ3) is 66.2. The number of halogens is 6. The average Bonchev–Trinajstić information content (AvgIpc) is 3.25. The summed E-state index contributed by atoms with van der Waals surface area (Å²) >= 11 is 16.6. The molecule has 0 heterocycles. The van der Waals surface area contributed by atoms with Crippen LogP contribution in [-0.2, 0) is 14.4 Å². The summed E-state index contributed by atoms with van der Waals surface area (Å²) in [7, 11) is 0. The predicted octanol–water partition coefficient (Wildman–Crippen LogP) is 21.4. The van der Waals surface area contributed by atoms with Crippen molar-refractivity contribution in [2.45, 2.75) is 258 Å². The Morgan fingerprint density at radius 3 is 0.771 bits per heavy atom. The minimum atomic E-state index is -4.06. The van der Waals surface area contributed by atoms with E-state index in [2.05, 4.69) is 104 Å². The fourth-order valence-corrected chi connectivity index (χ4v) is 2.19. The van der Waals surface area contributed by atoms with Gasteiger partial charge in [-0.3, -0.25) is 24.0 Å². The molecule has 0 bridgehead atoms. The highest BCUT2D eigenvalue weighted by Gasteiger charge is 2.45. The Bertz CT molecular complexity index is 1390. The Balaban J connectivity index is -0.0000000859. The summed E-state index contributed by atoms with van der Waals surface area (Å²) in [6.45, 7) is 65.4. The molecule has 1 aliphatic carbocycles. The van der Waals surface area contributed by atoms with Crippen molar-refractivity contribution in [1.82, 2.24) is 0 Å². The van der Waals surface area contributed by atoms with Gasteiger partial charge in [0.25, 0.3) is 0 Å². The number of alkyl halides is 6. The molecule has 422 valence electrons. The van der Waals surface area contributed by atoms with Crippen LogP contribution >= 0.6 is 34.8 Å². The Labute approximate surface area is 448 Å². The molecule has 1 aromatic rings. The van der Waals surface area contributed by atoms with Crippen molar-refractivity contribution in [3.05, 3.63) is 35.4 Å². The molecule has 0 saturated heterocycles. The second-order valence-corrected chi connectivity index (χ2v) is 28.1. The van der Waals surface area contributed by atoms with E-state index in [1.165, 1.54) is 6.42 Å². The molecule has 2 rings (SSSR count). The summed E-state index contributed by atoms with van der Waals surface area (Å²) in [6, 6.07) is 6.99. The van der Waals surface area contributed by atoms with Gasteiger partial charge in [0, 0.05) is 39.7 Å². The molecule has 0 amide bonds. The van der Waals surface area contributed by atoms with Gasteiger partial charge in [-0.25, -0.2) is 0 Å². The average molecular weight is 1070 g/mol. The number of benzene rings is 1. The van der Waals surface area contributed by atoms with Gasteiger partial charge < -0.3 is 0 Å². The van der Waals surface area contributed by atoms with Crippen molar-refractivity contribution in [3.63, 3.8) is 0 Å². The first kappa shape index (κ1) is 87.9. The highest BCUT2D eigenvalue weighted by molar-refractivity contribution is 6.68. The van der Waals surface area contributed by atoms with Gasteiger partial charge in [0.05, 0.1) is 10.8 Å². The molecule has 1 aromatic carbocycles. The third-order valence-corrected chi connectivity index (χ3v) is 8.98. The summed E-state index contributed by atoms with van der Waals surface area (Å²) in [4.78, 5) is 54.9. The molecule has 5 nitrogen and oxygen atoms in total. The van der Waals surface area contributed by atoms with Gasteiger partial charge in [0.2, 0.25) is 0 Å². The molecule has 0 spiro atoms. The van der Waals surface area contributed by atoms with Crippen molar-refractivity contribution in [2.75, 3.05) is 0 Å². The zero-order valence-electron chi connectivity index (χ0n) is 51.8. The Kier molecular flexibility index (Phi) is 51.0. The number of carbonyl (C=O) groups excluding carboxylic acids is 5. The highest BCUT2D eigenvalue weighted by Crippen LogP contribution is 2.43. The number of rotatable bonds is 2. The van der Waals surface area contributed by atoms with Crippen molar-refractivity contribution in [3.8, 4) is 0 Å². The van der Waals surface area contributed by atoms with Crippen LogP contribution in [0.3, 0.4) is 0 Å². The number of hydrogen-bond acceptors (Lipinski definition) is 5. The van der Waals surface area contributed by atoms with E-state index in [0.29, 0.717) is 28.7 Å². The van der Waals surface area contributed by atoms with Crippen molar-refractivity contribution >= 4 is 63.7 Å². The lowest BCUT2D eigenvalue weighted by Gasteiger charge is -2.27. The summed E-state index contributed by atoms with van der Waals surface area (Å²) in [6.07, 6.45) is -2.16. The monoisotopic (exact) mass is 1060 g/mol. The summed E-state index contributed by atoms with van der Waals surface area (Å²) in [5.41, 5.74) is -1.32. The topological polar surface area (TPSA) is 85.3 Å². The summed E-state index contributed by atoms with van der Waals surface area (Å²) < 4.78 is 33.5. The van der Waals surface area contributed by atoms with Crippen LogP contribution in [0, 0.1) is 56.2 Å². The molecule has 0 saturated carbocycles. The molecule has 70 heavy (non-hydrogen) atoms. The fourth-order valence-electron chi connectivity index (χ4n) is 2.19. The van der Waals surface area contributed by atoms with E-state index in [4.69, 9.17) is 34.8 Å². The minimum absolute atomic E-state index is 0.0619. The van der Waals surface area contributed by atoms with Gasteiger partial charge in [0.1, 0.15) is 17.3 Å². The molecule has 0 aromatic heterocycles. The maximum absolute atomic E-state index is 11.7. The third-order valence-electron chi connectivity index (χ3n) is 7.28. The molecule has 0 atom stereocenters. The van der Waals surface area contributed by atoms with Crippen LogP contribution in [0.25, 0.3) is 0 Å². The molecular weight excluding hydrogens is 952 g/mol. The largest absolute Gasteiger partial charge is 0.393 e. The zero-order valence-corrected chi connectivity index (χ0v) is 54.1. The summed E-state index contributed by atoms with van der Waals surface area (Å²) in [5, 5.41) is 0. The van der Waals surface area contributed by atoms with E-state index in [1.54, 1.807) is 52.0 Å². The fraction of sp³-hybridized carbons (Fsp3) is 0.814. The lowest BCUT2D eigenvalue weighted by atomic mass is 9.88. The van der Waals surface area contributed by atoms with Crippen LogP contribution < -0.4 is 0 Å². The molecule has 11 heteroatoms. The smallest absolute Gasteiger partial charge is 0.300 e. The lowest BCUT2D eigenvalue weighted by Crippen LogP contribution is -2.28. The maximum atomic E-state index is 11.7. The molecule has 0 unspecified atom stereocenters. The van der Waals surface area contributed by atoms with Crippen molar-refractivity contribution < 1.29 is 37.1 Å². The molecule has 0 fully saturated rings. The van der Waals surface area contributed by atoms with E-state index >= 15 is 0 Å². The number of hydrogen-bond donors (Lipinski definition) is 0. The van der Waals surface area contributed by atoms with E-state index in [1.807, 2.05) is 83.1 Å². The van der Waals surface area contributed by atoms with E-state index < -0.39 is 20.8 Å². The van der Waals surface area contributed by atoms with E-state index in [0.717, 1.165) is 38.5 Å². The Hall–Kier alpha value is -1.77. The van der Waals surface area contributed by atoms with Gasteiger partial charge in [-0.2, -0.15) is 13.2 Å². The minimum Gasteiger partial charge on any atom is -0.300 e. The normalized spacial score (nSPS) is 12.7. The van der Waals surface area contributed by atoms with Crippen molar-refractivity contribution in [1.29, 1.82) is 0 Å². The summed E-state index contributed by atoms with van der Waals surface area (Å²) in [5.74, 6) is 3.42. The van der Waals surface area contributed by atoms with Gasteiger partial charge in [-0.1, -0.05) is 273 Å². The SMILES string of the molecule is CC(=O)C(C)(C)C.CC(=O)C(C)C.CC(C)(C)C.CC(C)(C)C(Cl)(Cl)Cl.CC(C)(C)C(F)(F)F.CC(C)C.CC(C)C.CC(C)C.CC1(C)C(=O)c2ccccc2C1=O.CCC.CCC(=O)C(C)(C)C. The second kappa shape index (κ2) is 40.6. The Morgan fingerprint density at radius 2 is 0.700 bits per heavy atom. The first-order valence-corrected chi connectivity index (χ1v) is 26.2. The van der Waals surface area contributed by atoms with E-state index in [-0.39, 0.29) is 45.3 Å². The molecule has 0 radical (unpaired) electrons.